The smallest absolute Gasteiger partial charge is 0.401 e. The van der Waals surface area contributed by atoms with Crippen molar-refractivity contribution in [2.45, 2.75) is 243 Å². The molecule has 0 aromatic heterocycles. The molecule has 8 aliphatic rings. The van der Waals surface area contributed by atoms with Gasteiger partial charge in [-0.2, -0.15) is 50.5 Å². The molecule has 0 bridgehead atoms. The van der Waals surface area contributed by atoms with Crippen molar-refractivity contribution in [3.05, 3.63) is 25.3 Å². The Morgan fingerprint density at radius 1 is 0.310 bits per heavy atom. The molecule has 2 aliphatic carbocycles. The predicted molar refractivity (Wildman–Crippen MR) is 372 cm³/mol. The lowest BCUT2D eigenvalue weighted by molar-refractivity contribution is -0.170. The van der Waals surface area contributed by atoms with Crippen molar-refractivity contribution < 1.29 is 215 Å². The van der Waals surface area contributed by atoms with Gasteiger partial charge in [-0.15, -0.1) is 0 Å². The molecule has 48 nitrogen and oxygen atoms in total. The zero-order valence-corrected chi connectivity index (χ0v) is 68.9. The molecule has 6 aliphatic heterocycles. The summed E-state index contributed by atoms with van der Waals surface area (Å²) >= 11 is 0. The summed E-state index contributed by atoms with van der Waals surface area (Å²) in [6.07, 6.45) is -7.29. The Morgan fingerprint density at radius 3 is 0.724 bits per heavy atom. The second-order valence-corrected chi connectivity index (χ2v) is 31.7. The van der Waals surface area contributed by atoms with Crippen molar-refractivity contribution in [1.82, 2.24) is 0 Å². The van der Waals surface area contributed by atoms with Crippen LogP contribution >= 0.6 is 0 Å². The van der Waals surface area contributed by atoms with Crippen LogP contribution in [0.15, 0.2) is 25.3 Å². The molecule has 2 saturated carbocycles. The number of carbonyl (C=O) groups is 12. The fourth-order valence-electron chi connectivity index (χ4n) is 9.57. The van der Waals surface area contributed by atoms with Gasteiger partial charge in [0.15, 0.2) is 0 Å². The van der Waals surface area contributed by atoms with Crippen LogP contribution in [0.3, 0.4) is 0 Å². The van der Waals surface area contributed by atoms with E-state index in [-0.39, 0.29) is 51.8 Å². The highest BCUT2D eigenvalue weighted by atomic mass is 32.3. The Labute approximate surface area is 668 Å². The Kier molecular flexibility index (Phi) is 42.8. The summed E-state index contributed by atoms with van der Waals surface area (Å²) in [5.41, 5.74) is 0. The van der Waals surface area contributed by atoms with Gasteiger partial charge in [0, 0.05) is 0 Å². The van der Waals surface area contributed by atoms with Crippen molar-refractivity contribution in [3.63, 3.8) is 0 Å². The molecule has 0 aromatic carbocycles. The van der Waals surface area contributed by atoms with E-state index >= 15 is 0 Å². The second-order valence-electron chi connectivity index (χ2n) is 24.4. The van der Waals surface area contributed by atoms with Gasteiger partial charge in [0.05, 0.1) is 52.9 Å². The standard InChI is InChI=1S/C16H24O8S.C12H20O8S.C10H16O8S.C10H12O8S.C8H12O8S.C6H8O8S/c17-15(21-11-7-3-1-4-8-11)13-14(24-25(19,20)23-13)16(18)22-12-9-5-2-6-10-12;1-3-5-7-17-11(13)9-10(20-21(15,16)19-9)12(14)18-8-6-4-2;1-5(2)15-9(11)7-8(10(12)16-6(3)4)18-19(13,14)17-7;1-3-5-15-9(11)7-8(10(12)16-6-4-2)18-19(13,14)17-7;1-3-13-7(9)5-6(8(10)14-4-2)16-17(11,12)15-5;1-11-5(7)3-4(6(8)12-2)14-15(9,10)13-3/h11-14H,1-10H2;9-10H,3-8H2,1-2H3;5-8H,1-4H3;3-4,7-8H,1-2,5-6H2;5-6H,3-4H2,1-2H3;3-4H,1-2H3. The van der Waals surface area contributed by atoms with Crippen LogP contribution in [0.25, 0.3) is 0 Å². The molecule has 8 rings (SSSR count). The van der Waals surface area contributed by atoms with E-state index in [4.69, 9.17) is 28.4 Å². The molecular formula is C62H92O48S6. The minimum Gasteiger partial charge on any atom is -0.467 e. The Balaban J connectivity index is 0.000000363. The van der Waals surface area contributed by atoms with E-state index in [2.05, 4.69) is 91.8 Å². The topological polar surface area (TPSA) is 631 Å². The van der Waals surface area contributed by atoms with E-state index in [9.17, 15) is 108 Å². The molecule has 0 aromatic rings. The lowest BCUT2D eigenvalue weighted by atomic mass is 9.97. The number of rotatable bonds is 28. The highest BCUT2D eigenvalue weighted by Crippen LogP contribution is 2.31. The maximum Gasteiger partial charge on any atom is 0.401 e. The summed E-state index contributed by atoms with van der Waals surface area (Å²) < 4.78 is 243. The van der Waals surface area contributed by atoms with Gasteiger partial charge in [0.25, 0.3) is 0 Å². The molecule has 0 amide bonds. The van der Waals surface area contributed by atoms with Crippen LogP contribution in [0.1, 0.15) is 145 Å². The number of ether oxygens (including phenoxy) is 12. The summed E-state index contributed by atoms with van der Waals surface area (Å²) in [5, 5.41) is 0. The molecule has 0 radical (unpaired) electrons. The minimum absolute atomic E-state index is 0.0221. The quantitative estimate of drug-likeness (QED) is 0.0407. The van der Waals surface area contributed by atoms with Gasteiger partial charge in [-0.05, 0) is 106 Å². The number of hydrogen-bond donors (Lipinski definition) is 0. The summed E-state index contributed by atoms with van der Waals surface area (Å²) in [4.78, 5) is 139. The summed E-state index contributed by atoms with van der Waals surface area (Å²) in [5.74, 6) is -11.9. The van der Waals surface area contributed by atoms with Crippen molar-refractivity contribution >= 4 is 134 Å². The fraction of sp³-hybridized carbons (Fsp3) is 0.742. The van der Waals surface area contributed by atoms with Crippen LogP contribution in [0, 0.1) is 0 Å². The first-order valence-corrected chi connectivity index (χ1v) is 43.1. The first-order valence-electron chi connectivity index (χ1n) is 35.1. The van der Waals surface area contributed by atoms with Crippen LogP contribution < -0.4 is 0 Å². The van der Waals surface area contributed by atoms with E-state index in [0.717, 1.165) is 91.3 Å². The molecule has 54 heteroatoms. The van der Waals surface area contributed by atoms with Crippen LogP contribution in [-0.2, 0) is 227 Å². The monoisotopic (exact) mass is 1800 g/mol. The molecule has 6 heterocycles. The van der Waals surface area contributed by atoms with E-state index < -0.39 is 219 Å². The SMILES string of the molecule is C=CCOC(=O)C1OS(=O)(=O)OC1C(=O)OCC=C.CC(C)OC(=O)C1OS(=O)(=O)OC1C(=O)OC(C)C.CCCCOC(=O)C1OS(=O)(=O)OC1C(=O)OCCCC.CCOC(=O)C1OS(=O)(=O)OC1C(=O)OCC.COC(=O)C1OS(=O)(=O)OC1C(=O)OC.O=C(OC1CCCCC1)C1OS(=O)(=O)OC1C(=O)OC1CCCCC1. The summed E-state index contributed by atoms with van der Waals surface area (Å²) in [7, 11) is -24.4. The van der Waals surface area contributed by atoms with Gasteiger partial charge in [-0.1, -0.05) is 64.8 Å². The lowest BCUT2D eigenvalue weighted by Crippen LogP contribution is -2.42. The molecule has 8 fully saturated rings. The zero-order chi connectivity index (χ0) is 87.7. The van der Waals surface area contributed by atoms with Gasteiger partial charge < -0.3 is 56.8 Å². The molecule has 0 N–H and O–H groups in total. The molecular weight excluding hydrogens is 1710 g/mol. The summed E-state index contributed by atoms with van der Waals surface area (Å²) in [6.45, 7) is 19.7. The van der Waals surface area contributed by atoms with E-state index in [1.54, 1.807) is 27.7 Å². The molecule has 0 spiro atoms. The number of methoxy groups -OCH3 is 2. The predicted octanol–water partition coefficient (Wildman–Crippen LogP) is -0.637. The van der Waals surface area contributed by atoms with Gasteiger partial charge in [0.1, 0.15) is 25.4 Å². The minimum atomic E-state index is -4.44. The number of esters is 12. The van der Waals surface area contributed by atoms with E-state index in [1.165, 1.54) is 26.0 Å². The first kappa shape index (κ1) is 103. The molecule has 116 heavy (non-hydrogen) atoms. The Bertz CT molecular complexity index is 3870. The third-order valence-electron chi connectivity index (χ3n) is 14.6. The number of unbranched alkanes of at least 4 members (excludes halogenated alkanes) is 2. The summed E-state index contributed by atoms with van der Waals surface area (Å²) in [6, 6.07) is 0. The normalized spacial score (nSPS) is 26.7. The van der Waals surface area contributed by atoms with Crippen molar-refractivity contribution in [1.29, 1.82) is 0 Å². The van der Waals surface area contributed by atoms with E-state index in [0.29, 0.717) is 12.8 Å². The van der Waals surface area contributed by atoms with Crippen LogP contribution in [-0.4, -0.2) is 274 Å². The van der Waals surface area contributed by atoms with Gasteiger partial charge in [-0.3, -0.25) is 0 Å². The molecule has 664 valence electrons. The molecule has 12 atom stereocenters. The molecule has 6 saturated heterocycles. The average Bonchev–Trinajstić information content (AvgIpc) is 2.29. The van der Waals surface area contributed by atoms with Crippen LogP contribution in [0.2, 0.25) is 0 Å². The lowest BCUT2D eigenvalue weighted by Gasteiger charge is -2.25. The van der Waals surface area contributed by atoms with Gasteiger partial charge in [0.2, 0.25) is 73.2 Å². The highest BCUT2D eigenvalue weighted by Gasteiger charge is 2.56. The van der Waals surface area contributed by atoms with Gasteiger partial charge in [-0.25, -0.2) is 108 Å². The Morgan fingerprint density at radius 2 is 0.517 bits per heavy atom. The maximum atomic E-state index is 12.3. The first-order chi connectivity index (χ1) is 54.2. The Hall–Kier alpha value is -7.66. The van der Waals surface area contributed by atoms with Crippen LogP contribution in [0.4, 0.5) is 0 Å². The third kappa shape index (κ3) is 34.7. The highest BCUT2D eigenvalue weighted by molar-refractivity contribution is 7.83. The fourth-order valence-corrected chi connectivity index (χ4v) is 15.0. The van der Waals surface area contributed by atoms with E-state index in [1.807, 2.05) is 13.8 Å². The molecule has 12 unspecified atom stereocenters. The van der Waals surface area contributed by atoms with Crippen LogP contribution in [0.5, 0.6) is 0 Å². The largest absolute Gasteiger partial charge is 0.467 e. The van der Waals surface area contributed by atoms with Crippen molar-refractivity contribution in [2.24, 2.45) is 0 Å². The third-order valence-corrected chi connectivity index (χ3v) is 19.9. The second kappa shape index (κ2) is 48.4. The zero-order valence-electron chi connectivity index (χ0n) is 64.0. The van der Waals surface area contributed by atoms with Gasteiger partial charge >= 0.3 is 134 Å². The number of hydrogen-bond acceptors (Lipinski definition) is 48. The van der Waals surface area contributed by atoms with Crippen molar-refractivity contribution in [2.75, 3.05) is 53.9 Å². The average molecular weight is 1800 g/mol. The number of carbonyl (C=O) groups excluding carboxylic acids is 12. The maximum absolute atomic E-state index is 12.3. The van der Waals surface area contributed by atoms with Crippen molar-refractivity contribution in [3.8, 4) is 0 Å².